The summed E-state index contributed by atoms with van der Waals surface area (Å²) in [6.07, 6.45) is 2.45. The van der Waals surface area contributed by atoms with Gasteiger partial charge in [0.15, 0.2) is 16.8 Å². The van der Waals surface area contributed by atoms with Gasteiger partial charge in [0.25, 0.3) is 0 Å². The SMILES string of the molecule is CC(C)OP(CCP(OC(C)C)OC(C)C)OC(C)C. The first-order valence-corrected chi connectivity index (χ1v) is 10.1. The van der Waals surface area contributed by atoms with Crippen molar-refractivity contribution in [3.05, 3.63) is 0 Å². The summed E-state index contributed by atoms with van der Waals surface area (Å²) in [6, 6.07) is 0. The third kappa shape index (κ3) is 12.4. The molecule has 4 nitrogen and oxygen atoms in total. The Hall–Kier alpha value is 0.700. The van der Waals surface area contributed by atoms with Gasteiger partial charge in [0.2, 0.25) is 0 Å². The van der Waals surface area contributed by atoms with Crippen LogP contribution in [0.5, 0.6) is 0 Å². The predicted octanol–water partition coefficient (Wildman–Crippen LogP) is 5.31. The van der Waals surface area contributed by atoms with Gasteiger partial charge >= 0.3 is 0 Å². The Labute approximate surface area is 127 Å². The molecule has 0 saturated heterocycles. The average molecular weight is 326 g/mol. The fourth-order valence-corrected chi connectivity index (χ4v) is 5.07. The summed E-state index contributed by atoms with van der Waals surface area (Å²) in [5, 5.41) is 0. The fourth-order valence-electron chi connectivity index (χ4n) is 1.36. The Morgan fingerprint density at radius 2 is 0.700 bits per heavy atom. The quantitative estimate of drug-likeness (QED) is 0.482. The summed E-state index contributed by atoms with van der Waals surface area (Å²) >= 11 is 0. The summed E-state index contributed by atoms with van der Waals surface area (Å²) in [4.78, 5) is 0. The molecule has 6 heteroatoms. The average Bonchev–Trinajstić information content (AvgIpc) is 2.22. The molecule has 0 heterocycles. The smallest absolute Gasteiger partial charge is 0.171 e. The lowest BCUT2D eigenvalue weighted by atomic mass is 10.5. The van der Waals surface area contributed by atoms with Gasteiger partial charge in [-0.15, -0.1) is 0 Å². The largest absolute Gasteiger partial charge is 0.331 e. The van der Waals surface area contributed by atoms with Crippen LogP contribution in [0.1, 0.15) is 55.4 Å². The van der Waals surface area contributed by atoms with Crippen molar-refractivity contribution in [2.24, 2.45) is 0 Å². The van der Waals surface area contributed by atoms with Crippen molar-refractivity contribution in [2.75, 3.05) is 12.3 Å². The summed E-state index contributed by atoms with van der Waals surface area (Å²) in [7, 11) is -1.73. The van der Waals surface area contributed by atoms with Crippen molar-refractivity contribution in [3.8, 4) is 0 Å². The van der Waals surface area contributed by atoms with E-state index in [2.05, 4.69) is 0 Å². The molecular weight excluding hydrogens is 294 g/mol. The van der Waals surface area contributed by atoms with E-state index in [1.807, 2.05) is 55.4 Å². The van der Waals surface area contributed by atoms with Crippen molar-refractivity contribution in [1.82, 2.24) is 0 Å². The molecule has 20 heavy (non-hydrogen) atoms. The van der Waals surface area contributed by atoms with E-state index in [4.69, 9.17) is 18.1 Å². The van der Waals surface area contributed by atoms with Gasteiger partial charge in [-0.1, -0.05) is 0 Å². The molecule has 0 atom stereocenters. The van der Waals surface area contributed by atoms with Crippen LogP contribution in [0.15, 0.2) is 0 Å². The molecule has 0 aliphatic carbocycles. The molecule has 0 fully saturated rings. The topological polar surface area (TPSA) is 36.9 Å². The van der Waals surface area contributed by atoms with E-state index in [1.54, 1.807) is 0 Å². The first-order chi connectivity index (χ1) is 9.20. The summed E-state index contributed by atoms with van der Waals surface area (Å²) in [5.74, 6) is 0. The molecule has 0 spiro atoms. The van der Waals surface area contributed by atoms with E-state index >= 15 is 0 Å². The van der Waals surface area contributed by atoms with Gasteiger partial charge < -0.3 is 18.1 Å². The fraction of sp³-hybridized carbons (Fsp3) is 1.00. The highest BCUT2D eigenvalue weighted by Gasteiger charge is 2.21. The molecule has 0 N–H and O–H groups in total. The molecule has 0 aliphatic heterocycles. The second-order valence-electron chi connectivity index (χ2n) is 5.73. The molecule has 0 unspecified atom stereocenters. The molecule has 0 aromatic carbocycles. The second kappa shape index (κ2) is 11.3. The number of hydrogen-bond donors (Lipinski definition) is 0. The lowest BCUT2D eigenvalue weighted by molar-refractivity contribution is 0.171. The van der Waals surface area contributed by atoms with E-state index < -0.39 is 16.8 Å². The van der Waals surface area contributed by atoms with Crippen LogP contribution in [0, 0.1) is 0 Å². The predicted molar refractivity (Wildman–Crippen MR) is 88.5 cm³/mol. The summed E-state index contributed by atoms with van der Waals surface area (Å²) in [5.41, 5.74) is 0. The lowest BCUT2D eigenvalue weighted by Crippen LogP contribution is -2.11. The summed E-state index contributed by atoms with van der Waals surface area (Å²) < 4.78 is 23.5. The molecule has 0 rings (SSSR count). The minimum Gasteiger partial charge on any atom is -0.331 e. The van der Waals surface area contributed by atoms with Gasteiger partial charge in [-0.05, 0) is 55.4 Å². The van der Waals surface area contributed by atoms with Gasteiger partial charge in [0.05, 0.1) is 24.4 Å². The van der Waals surface area contributed by atoms with Gasteiger partial charge in [-0.2, -0.15) is 0 Å². The minimum absolute atomic E-state index is 0.183. The van der Waals surface area contributed by atoms with E-state index in [0.29, 0.717) is 0 Å². The van der Waals surface area contributed by atoms with Crippen molar-refractivity contribution in [1.29, 1.82) is 0 Å². The van der Waals surface area contributed by atoms with Crippen molar-refractivity contribution >= 4 is 16.8 Å². The van der Waals surface area contributed by atoms with Crippen LogP contribution in [-0.4, -0.2) is 36.7 Å². The minimum atomic E-state index is -0.866. The van der Waals surface area contributed by atoms with E-state index in [0.717, 1.165) is 12.3 Å². The molecule has 0 aliphatic rings. The van der Waals surface area contributed by atoms with Crippen LogP contribution in [-0.2, 0) is 18.1 Å². The van der Waals surface area contributed by atoms with Crippen LogP contribution < -0.4 is 0 Å². The number of rotatable bonds is 11. The zero-order valence-corrected chi connectivity index (χ0v) is 16.0. The van der Waals surface area contributed by atoms with Crippen LogP contribution in [0.25, 0.3) is 0 Å². The van der Waals surface area contributed by atoms with Crippen LogP contribution in [0.4, 0.5) is 0 Å². The van der Waals surface area contributed by atoms with Gasteiger partial charge in [0, 0.05) is 12.3 Å². The number of hydrogen-bond acceptors (Lipinski definition) is 4. The highest BCUT2D eigenvalue weighted by molar-refractivity contribution is 7.51. The Kier molecular flexibility index (Phi) is 11.7. The maximum atomic E-state index is 5.86. The maximum Gasteiger partial charge on any atom is 0.171 e. The van der Waals surface area contributed by atoms with E-state index in [9.17, 15) is 0 Å². The zero-order valence-electron chi connectivity index (χ0n) is 14.3. The highest BCUT2D eigenvalue weighted by atomic mass is 31.2. The van der Waals surface area contributed by atoms with Gasteiger partial charge in [0.1, 0.15) is 0 Å². The molecule has 0 aromatic heterocycles. The Morgan fingerprint density at radius 3 is 0.850 bits per heavy atom. The van der Waals surface area contributed by atoms with Gasteiger partial charge in [-0.3, -0.25) is 0 Å². The van der Waals surface area contributed by atoms with Crippen molar-refractivity contribution in [2.45, 2.75) is 79.8 Å². The maximum absolute atomic E-state index is 5.86. The first kappa shape index (κ1) is 20.7. The first-order valence-electron chi connectivity index (χ1n) is 7.42. The standard InChI is InChI=1S/C14H32O4P2/c1-11(2)15-19(16-12(3)4)9-10-20(17-13(5)6)18-14(7)8/h11-14H,9-10H2,1-8H3. The molecule has 0 amide bonds. The molecule has 0 radical (unpaired) electrons. The monoisotopic (exact) mass is 326 g/mol. The van der Waals surface area contributed by atoms with Crippen molar-refractivity contribution in [3.63, 3.8) is 0 Å². The van der Waals surface area contributed by atoms with Crippen LogP contribution >= 0.6 is 16.8 Å². The molecule has 122 valence electrons. The molecule has 0 saturated carbocycles. The Bertz CT molecular complexity index is 191. The molecule has 0 aromatic rings. The highest BCUT2D eigenvalue weighted by Crippen LogP contribution is 2.48. The molecular formula is C14H32O4P2. The van der Waals surface area contributed by atoms with Gasteiger partial charge in [-0.25, -0.2) is 0 Å². The third-order valence-electron chi connectivity index (χ3n) is 1.78. The molecule has 0 bridgehead atoms. The van der Waals surface area contributed by atoms with Crippen LogP contribution in [0.2, 0.25) is 0 Å². The lowest BCUT2D eigenvalue weighted by Gasteiger charge is -2.25. The van der Waals surface area contributed by atoms with E-state index in [-0.39, 0.29) is 24.4 Å². The zero-order chi connectivity index (χ0) is 15.7. The van der Waals surface area contributed by atoms with Crippen LogP contribution in [0.3, 0.4) is 0 Å². The summed E-state index contributed by atoms with van der Waals surface area (Å²) in [6.45, 7) is 16.3. The normalized spacial score (nSPS) is 12.9. The Balaban J connectivity index is 4.35. The van der Waals surface area contributed by atoms with Crippen molar-refractivity contribution < 1.29 is 18.1 Å². The second-order valence-corrected chi connectivity index (χ2v) is 8.80. The Morgan fingerprint density at radius 1 is 0.500 bits per heavy atom. The van der Waals surface area contributed by atoms with E-state index in [1.165, 1.54) is 0 Å². The third-order valence-corrected chi connectivity index (χ3v) is 5.94.